The Kier molecular flexibility index (Phi) is 4.00. The Labute approximate surface area is 53.0 Å². The Bertz CT molecular complexity index is 91.0. The Morgan fingerprint density at radius 2 is 2.33 bits per heavy atom. The number of carbonyl (C=O) groups is 1. The fourth-order valence-electron chi connectivity index (χ4n) is 0.452. The van der Waals surface area contributed by atoms with Crippen molar-refractivity contribution >= 4 is 5.97 Å². The molecule has 0 spiro atoms. The Morgan fingerprint density at radius 3 is 2.67 bits per heavy atom. The van der Waals surface area contributed by atoms with Gasteiger partial charge >= 0.3 is 5.97 Å². The van der Waals surface area contributed by atoms with E-state index in [2.05, 4.69) is 4.89 Å². The van der Waals surface area contributed by atoms with E-state index in [1.807, 2.05) is 6.92 Å². The summed E-state index contributed by atoms with van der Waals surface area (Å²) in [6.45, 7) is 1.81. The first kappa shape index (κ1) is 8.39. The van der Waals surface area contributed by atoms with E-state index in [0.717, 1.165) is 0 Å². The predicted octanol–water partition coefficient (Wildman–Crippen LogP) is 0.164. The first-order chi connectivity index (χ1) is 4.22. The van der Waals surface area contributed by atoms with E-state index in [1.165, 1.54) is 0 Å². The van der Waals surface area contributed by atoms with Crippen molar-refractivity contribution in [3.8, 4) is 0 Å². The van der Waals surface area contributed by atoms with Gasteiger partial charge < -0.3 is 5.11 Å². The number of hydrogen-bond donors (Lipinski definition) is 2. The van der Waals surface area contributed by atoms with Crippen LogP contribution in [0.4, 0.5) is 0 Å². The minimum Gasteiger partial charge on any atom is -0.381 e. The van der Waals surface area contributed by atoms with Crippen LogP contribution in [0.3, 0.4) is 0 Å². The molecule has 0 aliphatic heterocycles. The van der Waals surface area contributed by atoms with E-state index >= 15 is 0 Å². The van der Waals surface area contributed by atoms with Crippen LogP contribution >= 0.6 is 0 Å². The monoisotopic (exact) mass is 134 g/mol. The Balaban J connectivity index is 3.45. The molecule has 0 rings (SSSR count). The van der Waals surface area contributed by atoms with Gasteiger partial charge in [-0.25, -0.2) is 4.79 Å². The molecule has 0 amide bonds. The molecule has 4 nitrogen and oxygen atoms in total. The van der Waals surface area contributed by atoms with Crippen LogP contribution in [0.25, 0.3) is 0 Å². The van der Waals surface area contributed by atoms with E-state index in [1.54, 1.807) is 0 Å². The zero-order valence-electron chi connectivity index (χ0n) is 5.20. The van der Waals surface area contributed by atoms with Crippen LogP contribution in [-0.4, -0.2) is 22.4 Å². The van der Waals surface area contributed by atoms with Crippen LogP contribution in [0.1, 0.15) is 19.8 Å². The van der Waals surface area contributed by atoms with Gasteiger partial charge in [0.1, 0.15) is 0 Å². The van der Waals surface area contributed by atoms with Crippen molar-refractivity contribution in [2.75, 3.05) is 0 Å². The van der Waals surface area contributed by atoms with E-state index in [4.69, 9.17) is 10.4 Å². The third-order valence-corrected chi connectivity index (χ3v) is 0.924. The third kappa shape index (κ3) is 3.05. The van der Waals surface area contributed by atoms with Gasteiger partial charge in [-0.15, -0.1) is 0 Å². The van der Waals surface area contributed by atoms with E-state index in [-0.39, 0.29) is 0 Å². The first-order valence-electron chi connectivity index (χ1n) is 2.75. The fraction of sp³-hybridized carbons (Fsp3) is 0.800. The van der Waals surface area contributed by atoms with Crippen LogP contribution in [0.2, 0.25) is 0 Å². The maximum atomic E-state index is 10.2. The van der Waals surface area contributed by atoms with Gasteiger partial charge in [0.15, 0.2) is 6.10 Å². The number of aliphatic hydroxyl groups excluding tert-OH is 1. The molecule has 0 aliphatic carbocycles. The highest BCUT2D eigenvalue weighted by atomic mass is 17.1. The molecule has 0 radical (unpaired) electrons. The second-order valence-electron chi connectivity index (χ2n) is 1.71. The molecule has 0 aromatic rings. The molecule has 0 aromatic carbocycles. The quantitative estimate of drug-likeness (QED) is 0.426. The highest BCUT2D eigenvalue weighted by Crippen LogP contribution is 1.96. The summed E-state index contributed by atoms with van der Waals surface area (Å²) in [7, 11) is 0. The zero-order valence-corrected chi connectivity index (χ0v) is 5.20. The van der Waals surface area contributed by atoms with Crippen LogP contribution in [0.15, 0.2) is 0 Å². The third-order valence-electron chi connectivity index (χ3n) is 0.924. The van der Waals surface area contributed by atoms with Crippen molar-refractivity contribution < 1.29 is 20.0 Å². The highest BCUT2D eigenvalue weighted by Gasteiger charge is 2.14. The maximum absolute atomic E-state index is 10.2. The second-order valence-corrected chi connectivity index (χ2v) is 1.71. The molecule has 0 saturated carbocycles. The molecule has 0 fully saturated rings. The summed E-state index contributed by atoms with van der Waals surface area (Å²) >= 11 is 0. The lowest BCUT2D eigenvalue weighted by Gasteiger charge is -2.02. The van der Waals surface area contributed by atoms with Crippen LogP contribution in [-0.2, 0) is 9.68 Å². The molecular formula is C5H10O4. The minimum absolute atomic E-state index is 0.319. The molecule has 0 bridgehead atoms. The lowest BCUT2D eigenvalue weighted by atomic mass is 10.2. The molecule has 54 valence electrons. The van der Waals surface area contributed by atoms with Crippen molar-refractivity contribution in [3.05, 3.63) is 0 Å². The zero-order chi connectivity index (χ0) is 7.28. The van der Waals surface area contributed by atoms with Gasteiger partial charge in [0.2, 0.25) is 0 Å². The molecule has 1 atom stereocenters. The molecular weight excluding hydrogens is 124 g/mol. The van der Waals surface area contributed by atoms with Crippen molar-refractivity contribution in [3.63, 3.8) is 0 Å². The van der Waals surface area contributed by atoms with Gasteiger partial charge in [-0.05, 0) is 6.42 Å². The van der Waals surface area contributed by atoms with Gasteiger partial charge in [0, 0.05) is 0 Å². The number of carbonyl (C=O) groups excluding carboxylic acids is 1. The summed E-state index contributed by atoms with van der Waals surface area (Å²) in [6.07, 6.45) is -0.185. The van der Waals surface area contributed by atoms with Crippen LogP contribution in [0.5, 0.6) is 0 Å². The van der Waals surface area contributed by atoms with Crippen molar-refractivity contribution in [1.29, 1.82) is 0 Å². The topological polar surface area (TPSA) is 66.8 Å². The summed E-state index contributed by atoms with van der Waals surface area (Å²) in [4.78, 5) is 13.5. The van der Waals surface area contributed by atoms with Crippen LogP contribution < -0.4 is 0 Å². The number of aliphatic hydroxyl groups is 1. The van der Waals surface area contributed by atoms with Gasteiger partial charge in [0.25, 0.3) is 0 Å². The maximum Gasteiger partial charge on any atom is 0.370 e. The Hall–Kier alpha value is -0.610. The number of rotatable bonds is 3. The average molecular weight is 134 g/mol. The Morgan fingerprint density at radius 1 is 1.78 bits per heavy atom. The second kappa shape index (κ2) is 4.29. The summed E-state index contributed by atoms with van der Waals surface area (Å²) in [5, 5.41) is 16.4. The van der Waals surface area contributed by atoms with Gasteiger partial charge in [0.05, 0.1) is 0 Å². The van der Waals surface area contributed by atoms with Crippen molar-refractivity contribution in [2.24, 2.45) is 0 Å². The molecule has 2 N–H and O–H groups in total. The van der Waals surface area contributed by atoms with Crippen LogP contribution in [0, 0.1) is 0 Å². The number of hydrogen-bond acceptors (Lipinski definition) is 4. The summed E-state index contributed by atoms with van der Waals surface area (Å²) in [5.41, 5.74) is 0. The molecule has 9 heavy (non-hydrogen) atoms. The smallest absolute Gasteiger partial charge is 0.370 e. The molecule has 0 saturated heterocycles. The minimum atomic E-state index is -1.18. The molecule has 0 aliphatic rings. The lowest BCUT2D eigenvalue weighted by Crippen LogP contribution is -2.21. The molecule has 0 aromatic heterocycles. The molecule has 1 unspecified atom stereocenters. The lowest BCUT2D eigenvalue weighted by molar-refractivity contribution is -0.242. The summed E-state index contributed by atoms with van der Waals surface area (Å²) in [5.74, 6) is -0.989. The summed E-state index contributed by atoms with van der Waals surface area (Å²) < 4.78 is 0. The van der Waals surface area contributed by atoms with E-state index < -0.39 is 12.1 Å². The standard InChI is InChI=1S/C5H10O4/c1-2-3-4(6)5(7)9-8/h4,6,8H,2-3H2,1H3. The predicted molar refractivity (Wildman–Crippen MR) is 29.6 cm³/mol. The van der Waals surface area contributed by atoms with Gasteiger partial charge in [-0.2, -0.15) is 5.26 Å². The van der Waals surface area contributed by atoms with Gasteiger partial charge in [-0.1, -0.05) is 13.3 Å². The SMILES string of the molecule is CCCC(O)C(=O)OO. The first-order valence-corrected chi connectivity index (χ1v) is 2.75. The van der Waals surface area contributed by atoms with E-state index in [9.17, 15) is 4.79 Å². The highest BCUT2D eigenvalue weighted by molar-refractivity contribution is 5.73. The van der Waals surface area contributed by atoms with Gasteiger partial charge in [-0.3, -0.25) is 4.89 Å². The van der Waals surface area contributed by atoms with E-state index in [0.29, 0.717) is 12.8 Å². The summed E-state index contributed by atoms with van der Waals surface area (Å²) in [6, 6.07) is 0. The largest absolute Gasteiger partial charge is 0.381 e. The normalized spacial score (nSPS) is 12.8. The fourth-order valence-corrected chi connectivity index (χ4v) is 0.452. The molecule has 0 heterocycles. The van der Waals surface area contributed by atoms with Crippen molar-refractivity contribution in [2.45, 2.75) is 25.9 Å². The average Bonchev–Trinajstić information content (AvgIpc) is 1.87. The van der Waals surface area contributed by atoms with Crippen molar-refractivity contribution in [1.82, 2.24) is 0 Å². The molecule has 4 heteroatoms.